The van der Waals surface area contributed by atoms with Crippen molar-refractivity contribution in [3.8, 4) is 5.75 Å². The van der Waals surface area contributed by atoms with Gasteiger partial charge in [-0.3, -0.25) is 4.90 Å². The number of benzene rings is 2. The quantitative estimate of drug-likeness (QED) is 0.859. The lowest BCUT2D eigenvalue weighted by atomic mass is 9.74. The third-order valence-electron chi connectivity index (χ3n) is 4.95. The number of sulfone groups is 1. The molecule has 4 nitrogen and oxygen atoms in total. The van der Waals surface area contributed by atoms with E-state index in [1.165, 1.54) is 11.8 Å². The first-order valence-corrected chi connectivity index (χ1v) is 10.0. The van der Waals surface area contributed by atoms with Gasteiger partial charge < -0.3 is 4.74 Å². The van der Waals surface area contributed by atoms with Crippen LogP contribution in [-0.2, 0) is 22.8 Å². The van der Waals surface area contributed by atoms with Crippen LogP contribution in [0.2, 0.25) is 0 Å². The molecule has 1 saturated heterocycles. The second kappa shape index (κ2) is 5.60. The summed E-state index contributed by atoms with van der Waals surface area (Å²) < 4.78 is 29.0. The molecule has 0 radical (unpaired) electrons. The van der Waals surface area contributed by atoms with Crippen molar-refractivity contribution in [2.45, 2.75) is 17.9 Å². The summed E-state index contributed by atoms with van der Waals surface area (Å²) >= 11 is 0. The van der Waals surface area contributed by atoms with E-state index in [0.717, 1.165) is 44.0 Å². The van der Waals surface area contributed by atoms with Crippen LogP contribution in [0.5, 0.6) is 5.75 Å². The van der Waals surface area contributed by atoms with Gasteiger partial charge in [-0.2, -0.15) is 0 Å². The Morgan fingerprint density at radius 2 is 1.79 bits per heavy atom. The van der Waals surface area contributed by atoms with E-state index in [4.69, 9.17) is 4.74 Å². The molecule has 5 heteroatoms. The first-order valence-electron chi connectivity index (χ1n) is 8.16. The molecule has 2 aromatic rings. The SMILES string of the molecule is CS(=O)(=O)c1ccc(CN2CC3(COc4ccccc4C3)C2)cc1. The Morgan fingerprint density at radius 1 is 1.08 bits per heavy atom. The van der Waals surface area contributed by atoms with Crippen molar-refractivity contribution in [2.75, 3.05) is 26.0 Å². The van der Waals surface area contributed by atoms with Crippen LogP contribution in [0.1, 0.15) is 11.1 Å². The van der Waals surface area contributed by atoms with E-state index >= 15 is 0 Å². The molecule has 126 valence electrons. The topological polar surface area (TPSA) is 46.6 Å². The number of ether oxygens (including phenoxy) is 1. The summed E-state index contributed by atoms with van der Waals surface area (Å²) in [7, 11) is -3.12. The highest BCUT2D eigenvalue weighted by molar-refractivity contribution is 7.90. The highest BCUT2D eigenvalue weighted by Gasteiger charge is 2.45. The van der Waals surface area contributed by atoms with Gasteiger partial charge in [-0.25, -0.2) is 8.42 Å². The van der Waals surface area contributed by atoms with Gasteiger partial charge in [0.15, 0.2) is 9.84 Å². The van der Waals surface area contributed by atoms with Crippen LogP contribution in [-0.4, -0.2) is 39.3 Å². The molecule has 1 fully saturated rings. The first-order chi connectivity index (χ1) is 11.4. The van der Waals surface area contributed by atoms with Crippen molar-refractivity contribution in [1.29, 1.82) is 0 Å². The summed E-state index contributed by atoms with van der Waals surface area (Å²) in [4.78, 5) is 2.77. The summed E-state index contributed by atoms with van der Waals surface area (Å²) in [6.45, 7) is 3.69. The standard InChI is InChI=1S/C19H21NO3S/c1-24(21,22)17-8-6-15(7-9-17)11-20-12-19(13-20)10-16-4-2-3-5-18(16)23-14-19/h2-9H,10-14H2,1H3. The number of para-hydroxylation sites is 1. The lowest BCUT2D eigenvalue weighted by Crippen LogP contribution is -2.60. The molecule has 0 atom stereocenters. The van der Waals surface area contributed by atoms with Gasteiger partial charge in [0.25, 0.3) is 0 Å². The second-order valence-electron chi connectivity index (χ2n) is 7.13. The largest absolute Gasteiger partial charge is 0.493 e. The van der Waals surface area contributed by atoms with E-state index in [9.17, 15) is 8.42 Å². The third-order valence-corrected chi connectivity index (χ3v) is 6.08. The van der Waals surface area contributed by atoms with Crippen LogP contribution in [0.15, 0.2) is 53.4 Å². The number of likely N-dealkylation sites (tertiary alicyclic amines) is 1. The molecule has 0 amide bonds. The van der Waals surface area contributed by atoms with Crippen molar-refractivity contribution in [3.63, 3.8) is 0 Å². The molecule has 0 N–H and O–H groups in total. The molecular weight excluding hydrogens is 322 g/mol. The van der Waals surface area contributed by atoms with E-state index in [1.54, 1.807) is 12.1 Å². The molecule has 2 aromatic carbocycles. The number of hydrogen-bond donors (Lipinski definition) is 0. The van der Waals surface area contributed by atoms with Gasteiger partial charge in [0.1, 0.15) is 5.75 Å². The minimum absolute atomic E-state index is 0.237. The summed E-state index contributed by atoms with van der Waals surface area (Å²) in [6, 6.07) is 15.5. The molecule has 2 aliphatic rings. The van der Waals surface area contributed by atoms with Crippen LogP contribution < -0.4 is 4.74 Å². The molecule has 1 spiro atoms. The van der Waals surface area contributed by atoms with E-state index in [0.29, 0.717) is 4.90 Å². The molecule has 4 rings (SSSR count). The van der Waals surface area contributed by atoms with Gasteiger partial charge in [0, 0.05) is 31.3 Å². The Labute approximate surface area is 143 Å². The number of hydrogen-bond acceptors (Lipinski definition) is 4. The van der Waals surface area contributed by atoms with E-state index in [2.05, 4.69) is 17.0 Å². The van der Waals surface area contributed by atoms with Crippen LogP contribution >= 0.6 is 0 Å². The minimum Gasteiger partial charge on any atom is -0.493 e. The van der Waals surface area contributed by atoms with Crippen molar-refractivity contribution in [2.24, 2.45) is 5.41 Å². The van der Waals surface area contributed by atoms with Crippen LogP contribution in [0.25, 0.3) is 0 Å². The van der Waals surface area contributed by atoms with Gasteiger partial charge in [-0.05, 0) is 35.7 Å². The molecule has 0 aliphatic carbocycles. The van der Waals surface area contributed by atoms with Gasteiger partial charge in [0.2, 0.25) is 0 Å². The van der Waals surface area contributed by atoms with E-state index in [-0.39, 0.29) is 5.41 Å². The highest BCUT2D eigenvalue weighted by Crippen LogP contribution is 2.41. The normalized spacial score (nSPS) is 19.4. The monoisotopic (exact) mass is 343 g/mol. The smallest absolute Gasteiger partial charge is 0.175 e. The number of fused-ring (bicyclic) bond motifs is 1. The zero-order valence-electron chi connectivity index (χ0n) is 13.7. The van der Waals surface area contributed by atoms with Crippen LogP contribution in [0.3, 0.4) is 0 Å². The highest BCUT2D eigenvalue weighted by atomic mass is 32.2. The van der Waals surface area contributed by atoms with E-state index in [1.807, 2.05) is 24.3 Å². The Hall–Kier alpha value is -1.85. The fourth-order valence-corrected chi connectivity index (χ4v) is 4.42. The predicted molar refractivity (Wildman–Crippen MR) is 92.9 cm³/mol. The zero-order valence-corrected chi connectivity index (χ0v) is 14.6. The van der Waals surface area contributed by atoms with E-state index < -0.39 is 9.84 Å². The van der Waals surface area contributed by atoms with Crippen molar-refractivity contribution < 1.29 is 13.2 Å². The average molecular weight is 343 g/mol. The van der Waals surface area contributed by atoms with Crippen LogP contribution in [0.4, 0.5) is 0 Å². The summed E-state index contributed by atoms with van der Waals surface area (Å²) in [5.41, 5.74) is 2.69. The summed E-state index contributed by atoms with van der Waals surface area (Å²) in [5.74, 6) is 1.03. The molecule has 0 unspecified atom stereocenters. The summed E-state index contributed by atoms with van der Waals surface area (Å²) in [6.07, 6.45) is 2.31. The molecule has 24 heavy (non-hydrogen) atoms. The lowest BCUT2D eigenvalue weighted by Gasteiger charge is -2.52. The number of rotatable bonds is 3. The second-order valence-corrected chi connectivity index (χ2v) is 9.15. The van der Waals surface area contributed by atoms with Gasteiger partial charge in [0.05, 0.1) is 11.5 Å². The van der Waals surface area contributed by atoms with Gasteiger partial charge in [-0.15, -0.1) is 0 Å². The van der Waals surface area contributed by atoms with Gasteiger partial charge in [-0.1, -0.05) is 30.3 Å². The fourth-order valence-electron chi connectivity index (χ4n) is 3.79. The maximum Gasteiger partial charge on any atom is 0.175 e. The van der Waals surface area contributed by atoms with Gasteiger partial charge >= 0.3 is 0 Å². The molecule has 2 aliphatic heterocycles. The molecule has 0 saturated carbocycles. The van der Waals surface area contributed by atoms with Crippen molar-refractivity contribution in [1.82, 2.24) is 4.90 Å². The summed E-state index contributed by atoms with van der Waals surface area (Å²) in [5, 5.41) is 0. The lowest BCUT2D eigenvalue weighted by molar-refractivity contribution is -0.0478. The Morgan fingerprint density at radius 3 is 2.50 bits per heavy atom. The molecule has 0 aromatic heterocycles. The van der Waals surface area contributed by atoms with Crippen molar-refractivity contribution in [3.05, 3.63) is 59.7 Å². The maximum atomic E-state index is 11.5. The molecule has 2 heterocycles. The van der Waals surface area contributed by atoms with Crippen molar-refractivity contribution >= 4 is 9.84 Å². The Balaban J connectivity index is 1.38. The predicted octanol–water partition coefficient (Wildman–Crippen LogP) is 2.53. The Kier molecular flexibility index (Phi) is 3.66. The average Bonchev–Trinajstić information content (AvgIpc) is 2.53. The Bertz CT molecular complexity index is 852. The molecule has 0 bridgehead atoms. The van der Waals surface area contributed by atoms with Crippen LogP contribution in [0, 0.1) is 5.41 Å². The molecular formula is C19H21NO3S. The maximum absolute atomic E-state index is 11.5. The fraction of sp³-hybridized carbons (Fsp3) is 0.368. The third kappa shape index (κ3) is 2.94. The zero-order chi connectivity index (χ0) is 16.8. The number of nitrogens with zero attached hydrogens (tertiary/aromatic N) is 1. The minimum atomic E-state index is -3.12. The first kappa shape index (κ1) is 15.7.